The standard InChI is InChI=1S/C17H27N3O3Si.CO.Fe/c1-7-12-10-15(20-9-8-14(18)19-16(20)21)23-13(12)11-22-24(5,6)17(2,3)4;1-2;/h7-10,13,15H,1,11H2,2-6H3,(H2,18,19,21);;/q;;+3/t13-,15-;;/m1../s1. The summed E-state index contributed by atoms with van der Waals surface area (Å²) >= 11 is 0. The number of nitrogen functional groups attached to an aromatic ring is 1. The zero-order valence-electron chi connectivity index (χ0n) is 16.3. The Balaban J connectivity index is 0.00000218. The van der Waals surface area contributed by atoms with Gasteiger partial charge < -0.3 is 14.9 Å². The van der Waals surface area contributed by atoms with Gasteiger partial charge in [0.05, 0.1) is 6.61 Å². The maximum absolute atomic E-state index is 12.0. The number of anilines is 1. The summed E-state index contributed by atoms with van der Waals surface area (Å²) in [6, 6.07) is 1.58. The Morgan fingerprint density at radius 3 is 2.56 bits per heavy atom. The van der Waals surface area contributed by atoms with Gasteiger partial charge in [0.25, 0.3) is 0 Å². The van der Waals surface area contributed by atoms with E-state index in [0.717, 1.165) is 5.57 Å². The Kier molecular flexibility index (Phi) is 9.65. The van der Waals surface area contributed by atoms with Crippen molar-refractivity contribution >= 4 is 14.1 Å². The molecule has 9 heteroatoms. The first-order valence-electron chi connectivity index (χ1n) is 8.24. The number of aromatic nitrogens is 2. The van der Waals surface area contributed by atoms with Crippen LogP contribution in [0.15, 0.2) is 41.4 Å². The first kappa shape index (κ1) is 25.6. The molecule has 0 bridgehead atoms. The third kappa shape index (κ3) is 6.29. The molecule has 2 heterocycles. The average molecular weight is 433 g/mol. The minimum Gasteiger partial charge on any atom is 3.00 e. The van der Waals surface area contributed by atoms with Crippen LogP contribution in [-0.2, 0) is 30.9 Å². The summed E-state index contributed by atoms with van der Waals surface area (Å²) in [5, 5.41) is 0.126. The third-order valence-electron chi connectivity index (χ3n) is 4.77. The fourth-order valence-corrected chi connectivity index (χ4v) is 3.16. The summed E-state index contributed by atoms with van der Waals surface area (Å²) in [6.45, 7) is 19.8. The molecule has 0 fully saturated rings. The molecule has 0 aromatic carbocycles. The van der Waals surface area contributed by atoms with E-state index in [0.29, 0.717) is 6.61 Å². The van der Waals surface area contributed by atoms with E-state index in [1.54, 1.807) is 18.3 Å². The molecule has 0 amide bonds. The van der Waals surface area contributed by atoms with Crippen LogP contribution in [0.1, 0.15) is 27.0 Å². The van der Waals surface area contributed by atoms with Crippen LogP contribution in [0, 0.1) is 6.65 Å². The molecule has 2 rings (SSSR count). The molecule has 27 heavy (non-hydrogen) atoms. The van der Waals surface area contributed by atoms with Gasteiger partial charge in [-0.2, -0.15) is 4.98 Å². The predicted molar refractivity (Wildman–Crippen MR) is 102 cm³/mol. The van der Waals surface area contributed by atoms with Crippen molar-refractivity contribution < 1.29 is 30.9 Å². The zero-order chi connectivity index (χ0) is 20.1. The maximum Gasteiger partial charge on any atom is 3.00 e. The van der Waals surface area contributed by atoms with Crippen LogP contribution in [0.4, 0.5) is 5.82 Å². The van der Waals surface area contributed by atoms with E-state index in [2.05, 4.69) is 52.1 Å². The number of ether oxygens (including phenoxy) is 1. The Morgan fingerprint density at radius 1 is 1.48 bits per heavy atom. The largest absolute Gasteiger partial charge is 3.00 e. The van der Waals surface area contributed by atoms with Gasteiger partial charge in [-0.25, -0.2) is 4.79 Å². The van der Waals surface area contributed by atoms with Gasteiger partial charge in [0.1, 0.15) is 11.9 Å². The summed E-state index contributed by atoms with van der Waals surface area (Å²) in [5.41, 5.74) is 6.01. The van der Waals surface area contributed by atoms with Gasteiger partial charge in [0.2, 0.25) is 0 Å². The van der Waals surface area contributed by atoms with Crippen LogP contribution < -0.4 is 11.4 Å². The number of rotatable bonds is 5. The van der Waals surface area contributed by atoms with Gasteiger partial charge in [-0.15, -0.1) is 0 Å². The molecule has 1 aromatic heterocycles. The average Bonchev–Trinajstić information content (AvgIpc) is 2.97. The topological polar surface area (TPSA) is 99.3 Å². The van der Waals surface area contributed by atoms with E-state index >= 15 is 0 Å². The summed E-state index contributed by atoms with van der Waals surface area (Å²) < 4.78 is 21.1. The Bertz CT molecular complexity index is 753. The number of nitrogens with zero attached hydrogens (tertiary/aromatic N) is 2. The summed E-state index contributed by atoms with van der Waals surface area (Å²) in [7, 11) is -1.87. The fraction of sp³-hybridized carbons (Fsp3) is 0.500. The molecule has 0 spiro atoms. The number of hydrogen-bond acceptors (Lipinski definition) is 5. The van der Waals surface area contributed by atoms with Gasteiger partial charge in [0.15, 0.2) is 14.5 Å². The van der Waals surface area contributed by atoms with Crippen molar-refractivity contribution in [3.63, 3.8) is 0 Å². The minimum absolute atomic E-state index is 0. The third-order valence-corrected chi connectivity index (χ3v) is 9.27. The fourth-order valence-electron chi connectivity index (χ4n) is 2.16. The molecule has 147 valence electrons. The van der Waals surface area contributed by atoms with Crippen LogP contribution in [0.3, 0.4) is 0 Å². The monoisotopic (exact) mass is 433 g/mol. The van der Waals surface area contributed by atoms with Crippen LogP contribution in [0.2, 0.25) is 18.1 Å². The first-order valence-corrected chi connectivity index (χ1v) is 11.1. The summed E-state index contributed by atoms with van der Waals surface area (Å²) in [5.74, 6) is 0.194. The second-order valence-electron chi connectivity index (χ2n) is 7.50. The number of nitrogens with two attached hydrogens (primary N) is 1. The molecule has 1 aliphatic rings. The molecule has 1 radical (unpaired) electrons. The van der Waals surface area contributed by atoms with Gasteiger partial charge in [-0.05, 0) is 35.8 Å². The van der Waals surface area contributed by atoms with E-state index < -0.39 is 20.2 Å². The van der Waals surface area contributed by atoms with E-state index in [4.69, 9.17) is 19.5 Å². The zero-order valence-corrected chi connectivity index (χ0v) is 18.4. The van der Waals surface area contributed by atoms with E-state index in [1.807, 2.05) is 6.08 Å². The van der Waals surface area contributed by atoms with Crippen molar-refractivity contribution in [2.75, 3.05) is 12.3 Å². The molecular formula is C18H27FeN3O4Si+3. The molecule has 1 aliphatic heterocycles. The van der Waals surface area contributed by atoms with Gasteiger partial charge in [-0.3, -0.25) is 4.57 Å². The van der Waals surface area contributed by atoms with E-state index in [9.17, 15) is 4.79 Å². The van der Waals surface area contributed by atoms with Gasteiger partial charge in [0, 0.05) is 6.20 Å². The van der Waals surface area contributed by atoms with Crippen molar-refractivity contribution in [3.8, 4) is 0 Å². The number of hydrogen-bond donors (Lipinski definition) is 1. The van der Waals surface area contributed by atoms with Crippen molar-refractivity contribution in [1.29, 1.82) is 0 Å². The summed E-state index contributed by atoms with van der Waals surface area (Å²) in [6.07, 6.45) is 4.43. The Labute approximate surface area is 172 Å². The van der Waals surface area contributed by atoms with Crippen molar-refractivity contribution in [1.82, 2.24) is 9.55 Å². The first-order chi connectivity index (χ1) is 12.0. The van der Waals surface area contributed by atoms with Gasteiger partial charge in [-0.1, -0.05) is 33.4 Å². The van der Waals surface area contributed by atoms with Crippen LogP contribution in [-0.4, -0.2) is 30.6 Å². The summed E-state index contributed by atoms with van der Waals surface area (Å²) in [4.78, 5) is 15.7. The van der Waals surface area contributed by atoms with Crippen LogP contribution in [0.25, 0.3) is 0 Å². The Morgan fingerprint density at radius 2 is 2.07 bits per heavy atom. The normalized spacial score (nSPS) is 19.3. The van der Waals surface area contributed by atoms with Crippen LogP contribution >= 0.6 is 0 Å². The quantitative estimate of drug-likeness (QED) is 0.437. The van der Waals surface area contributed by atoms with Crippen molar-refractivity contribution in [3.05, 3.63) is 53.7 Å². The molecule has 0 aliphatic carbocycles. The second kappa shape index (κ2) is 10.2. The molecule has 0 saturated carbocycles. The molecular weight excluding hydrogens is 406 g/mol. The molecule has 1 aromatic rings. The van der Waals surface area contributed by atoms with E-state index in [-0.39, 0.29) is 34.0 Å². The van der Waals surface area contributed by atoms with Crippen LogP contribution in [0.5, 0.6) is 0 Å². The molecule has 0 unspecified atom stereocenters. The maximum atomic E-state index is 12.0. The molecule has 0 saturated heterocycles. The van der Waals surface area contributed by atoms with Crippen molar-refractivity contribution in [2.45, 2.75) is 51.2 Å². The Hall–Kier alpha value is -1.44. The smallest absolute Gasteiger partial charge is 3.00 e. The predicted octanol–water partition coefficient (Wildman–Crippen LogP) is 2.82. The minimum atomic E-state index is -1.87. The second-order valence-corrected chi connectivity index (χ2v) is 12.3. The van der Waals surface area contributed by atoms with Crippen molar-refractivity contribution in [2.24, 2.45) is 0 Å². The molecule has 2 N–H and O–H groups in total. The van der Waals surface area contributed by atoms with E-state index in [1.165, 1.54) is 4.57 Å². The van der Waals surface area contributed by atoms with Gasteiger partial charge >= 0.3 is 34.1 Å². The molecule has 7 nitrogen and oxygen atoms in total. The SMILES string of the molecule is C=CC1=C[C@H](n2ccc(N)nc2=O)O[C@@H]1CO[Si](C)(C)C(C)(C)C.[C-]#[O+].[Fe+3]. The molecule has 2 atom stereocenters.